The Morgan fingerprint density at radius 1 is 0.545 bits per heavy atom. The monoisotopic (exact) mass is 614 g/mol. The molecule has 0 heterocycles. The zero-order valence-corrected chi connectivity index (χ0v) is 28.9. The Hall–Kier alpha value is -1.91. The first kappa shape index (κ1) is 42.1. The third-order valence-electron chi connectivity index (χ3n) is 7.95. The SMILES string of the molecule is CCCCCC/C=C\C/C=C\CCCCCCCC(=O)NC(CO)C(O)/C=C/CC/C=C/CC/C=C/CCCCCCCC. The quantitative estimate of drug-likeness (QED) is 0.0522. The first-order valence-electron chi connectivity index (χ1n) is 18.5. The van der Waals surface area contributed by atoms with E-state index in [1.54, 1.807) is 6.08 Å². The Labute approximate surface area is 273 Å². The average Bonchev–Trinajstić information content (AvgIpc) is 3.03. The molecule has 2 unspecified atom stereocenters. The molecule has 0 saturated heterocycles. The lowest BCUT2D eigenvalue weighted by Gasteiger charge is -2.19. The van der Waals surface area contributed by atoms with E-state index in [1.807, 2.05) is 6.08 Å². The molecule has 254 valence electrons. The van der Waals surface area contributed by atoms with Gasteiger partial charge in [-0.1, -0.05) is 145 Å². The van der Waals surface area contributed by atoms with Gasteiger partial charge in [-0.3, -0.25) is 4.79 Å². The van der Waals surface area contributed by atoms with Gasteiger partial charge in [0.25, 0.3) is 0 Å². The van der Waals surface area contributed by atoms with E-state index in [1.165, 1.54) is 89.9 Å². The highest BCUT2D eigenvalue weighted by atomic mass is 16.3. The fourth-order valence-electron chi connectivity index (χ4n) is 5.06. The van der Waals surface area contributed by atoms with Crippen molar-refractivity contribution in [2.24, 2.45) is 0 Å². The molecule has 0 bridgehead atoms. The number of carbonyl (C=O) groups is 1. The van der Waals surface area contributed by atoms with Gasteiger partial charge in [0.05, 0.1) is 18.8 Å². The van der Waals surface area contributed by atoms with Crippen LogP contribution in [0.4, 0.5) is 0 Å². The van der Waals surface area contributed by atoms with Gasteiger partial charge in [-0.05, 0) is 77.0 Å². The van der Waals surface area contributed by atoms with Gasteiger partial charge in [0.15, 0.2) is 0 Å². The predicted molar refractivity (Wildman–Crippen MR) is 193 cm³/mol. The van der Waals surface area contributed by atoms with E-state index in [4.69, 9.17) is 0 Å². The Kier molecular flexibility index (Phi) is 34.0. The number of unbranched alkanes of at least 4 members (excludes halogenated alkanes) is 17. The molecule has 0 fully saturated rings. The van der Waals surface area contributed by atoms with Crippen LogP contribution in [0.3, 0.4) is 0 Å². The molecule has 0 aromatic rings. The first-order chi connectivity index (χ1) is 21.7. The van der Waals surface area contributed by atoms with Crippen molar-refractivity contribution in [2.45, 2.75) is 180 Å². The summed E-state index contributed by atoms with van der Waals surface area (Å²) in [7, 11) is 0. The van der Waals surface area contributed by atoms with Crippen LogP contribution in [-0.2, 0) is 4.79 Å². The molecule has 0 rings (SSSR count). The first-order valence-corrected chi connectivity index (χ1v) is 18.5. The largest absolute Gasteiger partial charge is 0.394 e. The Morgan fingerprint density at radius 3 is 1.48 bits per heavy atom. The average molecular weight is 614 g/mol. The minimum atomic E-state index is -0.876. The maximum absolute atomic E-state index is 12.3. The van der Waals surface area contributed by atoms with E-state index in [-0.39, 0.29) is 12.5 Å². The van der Waals surface area contributed by atoms with Crippen molar-refractivity contribution in [3.05, 3.63) is 60.8 Å². The summed E-state index contributed by atoms with van der Waals surface area (Å²) in [6.07, 6.45) is 48.7. The highest BCUT2D eigenvalue weighted by Gasteiger charge is 2.17. The molecule has 1 amide bonds. The summed E-state index contributed by atoms with van der Waals surface area (Å²) in [5.41, 5.74) is 0. The molecule has 3 N–H and O–H groups in total. The Balaban J connectivity index is 3.76. The lowest BCUT2D eigenvalue weighted by atomic mass is 10.1. The minimum absolute atomic E-state index is 0.0955. The normalized spacial score (nSPS) is 13.8. The molecular formula is C40H71NO3. The van der Waals surface area contributed by atoms with E-state index in [0.717, 1.165) is 57.8 Å². The van der Waals surface area contributed by atoms with Crippen molar-refractivity contribution >= 4 is 5.91 Å². The number of amides is 1. The van der Waals surface area contributed by atoms with Gasteiger partial charge in [-0.2, -0.15) is 0 Å². The zero-order chi connectivity index (χ0) is 32.2. The summed E-state index contributed by atoms with van der Waals surface area (Å²) in [4.78, 5) is 12.3. The van der Waals surface area contributed by atoms with Gasteiger partial charge in [0.2, 0.25) is 5.91 Å². The molecule has 0 aromatic heterocycles. The fourth-order valence-corrected chi connectivity index (χ4v) is 5.06. The third kappa shape index (κ3) is 31.5. The molecule has 0 saturated carbocycles. The number of hydrogen-bond acceptors (Lipinski definition) is 3. The predicted octanol–water partition coefficient (Wildman–Crippen LogP) is 11.0. The summed E-state index contributed by atoms with van der Waals surface area (Å²) in [5.74, 6) is -0.0955. The number of allylic oxidation sites excluding steroid dienone is 9. The van der Waals surface area contributed by atoms with E-state index < -0.39 is 12.1 Å². The smallest absolute Gasteiger partial charge is 0.220 e. The van der Waals surface area contributed by atoms with Crippen LogP contribution in [0.15, 0.2) is 60.8 Å². The number of aliphatic hydroxyl groups is 2. The van der Waals surface area contributed by atoms with Crippen LogP contribution in [-0.4, -0.2) is 34.9 Å². The van der Waals surface area contributed by atoms with Gasteiger partial charge in [0.1, 0.15) is 0 Å². The molecule has 0 aliphatic rings. The molecule has 4 nitrogen and oxygen atoms in total. The molecule has 0 spiro atoms. The van der Waals surface area contributed by atoms with Gasteiger partial charge in [0, 0.05) is 6.42 Å². The standard InChI is InChI=1S/C40H71NO3/c1-3-5-7-9-11-13-15-17-19-21-23-25-27-29-31-33-35-39(43)38(37-42)41-40(44)36-34-32-30-28-26-24-22-20-18-16-14-12-10-8-6-4-2/h14,16-17,19-20,22,25,27,33,35,38-39,42-43H,3-13,15,18,21,23-24,26,28-32,34,36-37H2,1-2H3,(H,41,44)/b16-14-,19-17+,22-20-,27-25+,35-33+. The van der Waals surface area contributed by atoms with Gasteiger partial charge in [-0.25, -0.2) is 0 Å². The van der Waals surface area contributed by atoms with E-state index in [9.17, 15) is 15.0 Å². The van der Waals surface area contributed by atoms with Crippen molar-refractivity contribution < 1.29 is 15.0 Å². The summed E-state index contributed by atoms with van der Waals surface area (Å²) in [5, 5.41) is 22.8. The van der Waals surface area contributed by atoms with Crippen LogP contribution < -0.4 is 5.32 Å². The lowest BCUT2D eigenvalue weighted by molar-refractivity contribution is -0.123. The second-order valence-corrected chi connectivity index (χ2v) is 12.3. The molecule has 0 radical (unpaired) electrons. The van der Waals surface area contributed by atoms with Crippen LogP contribution in [0.1, 0.15) is 168 Å². The highest BCUT2D eigenvalue weighted by molar-refractivity contribution is 5.76. The van der Waals surface area contributed by atoms with E-state index >= 15 is 0 Å². The number of nitrogens with one attached hydrogen (secondary N) is 1. The van der Waals surface area contributed by atoms with Crippen molar-refractivity contribution in [1.29, 1.82) is 0 Å². The van der Waals surface area contributed by atoms with Crippen molar-refractivity contribution in [3.8, 4) is 0 Å². The minimum Gasteiger partial charge on any atom is -0.394 e. The van der Waals surface area contributed by atoms with Crippen molar-refractivity contribution in [1.82, 2.24) is 5.32 Å². The molecule has 0 aromatic carbocycles. The van der Waals surface area contributed by atoms with Gasteiger partial charge in [-0.15, -0.1) is 0 Å². The molecule has 2 atom stereocenters. The van der Waals surface area contributed by atoms with Gasteiger partial charge < -0.3 is 15.5 Å². The fraction of sp³-hybridized carbons (Fsp3) is 0.725. The van der Waals surface area contributed by atoms with Gasteiger partial charge >= 0.3 is 0 Å². The summed E-state index contributed by atoms with van der Waals surface area (Å²) in [6.45, 7) is 4.24. The molecular weight excluding hydrogens is 542 g/mol. The molecule has 44 heavy (non-hydrogen) atoms. The number of aliphatic hydroxyl groups excluding tert-OH is 2. The topological polar surface area (TPSA) is 69.6 Å². The van der Waals surface area contributed by atoms with E-state index in [2.05, 4.69) is 67.8 Å². The van der Waals surface area contributed by atoms with E-state index in [0.29, 0.717) is 6.42 Å². The molecule has 0 aliphatic heterocycles. The lowest BCUT2D eigenvalue weighted by Crippen LogP contribution is -2.45. The number of rotatable bonds is 32. The van der Waals surface area contributed by atoms with Crippen LogP contribution in [0.5, 0.6) is 0 Å². The number of hydrogen-bond donors (Lipinski definition) is 3. The van der Waals surface area contributed by atoms with Crippen molar-refractivity contribution in [3.63, 3.8) is 0 Å². The van der Waals surface area contributed by atoms with Crippen molar-refractivity contribution in [2.75, 3.05) is 6.61 Å². The zero-order valence-electron chi connectivity index (χ0n) is 28.9. The van der Waals surface area contributed by atoms with Crippen LogP contribution >= 0.6 is 0 Å². The summed E-state index contributed by atoms with van der Waals surface area (Å²) in [6, 6.07) is -0.653. The summed E-state index contributed by atoms with van der Waals surface area (Å²) < 4.78 is 0. The van der Waals surface area contributed by atoms with Crippen LogP contribution in [0.2, 0.25) is 0 Å². The second-order valence-electron chi connectivity index (χ2n) is 12.3. The highest BCUT2D eigenvalue weighted by Crippen LogP contribution is 2.10. The maximum atomic E-state index is 12.3. The maximum Gasteiger partial charge on any atom is 0.220 e. The Bertz CT molecular complexity index is 752. The second kappa shape index (κ2) is 35.6. The third-order valence-corrected chi connectivity index (χ3v) is 7.95. The number of carbonyl (C=O) groups excluding carboxylic acids is 1. The Morgan fingerprint density at radius 2 is 0.955 bits per heavy atom. The van der Waals surface area contributed by atoms with Crippen LogP contribution in [0, 0.1) is 0 Å². The summed E-state index contributed by atoms with van der Waals surface area (Å²) >= 11 is 0. The molecule has 4 heteroatoms. The van der Waals surface area contributed by atoms with Crippen LogP contribution in [0.25, 0.3) is 0 Å². The molecule has 0 aliphatic carbocycles.